The van der Waals surface area contributed by atoms with Crippen molar-refractivity contribution in [2.45, 2.75) is 82.2 Å². The summed E-state index contributed by atoms with van der Waals surface area (Å²) in [5, 5.41) is 4.65. The molecule has 4 atom stereocenters. The Morgan fingerprint density at radius 1 is 1.21 bits per heavy atom. The van der Waals surface area contributed by atoms with Crippen LogP contribution in [0.15, 0.2) is 0 Å². The van der Waals surface area contributed by atoms with Crippen LogP contribution < -0.4 is 5.32 Å². The van der Waals surface area contributed by atoms with E-state index in [1.165, 1.54) is 58.0 Å². The normalized spacial score (nSPS) is 37.4. The molecular formula is C16H32N2S. The van der Waals surface area contributed by atoms with Gasteiger partial charge in [-0.25, -0.2) is 0 Å². The van der Waals surface area contributed by atoms with E-state index in [0.717, 1.165) is 23.4 Å². The van der Waals surface area contributed by atoms with Gasteiger partial charge in [0.15, 0.2) is 0 Å². The Kier molecular flexibility index (Phi) is 6.51. The molecule has 0 spiro atoms. The molecule has 0 aromatic carbocycles. The van der Waals surface area contributed by atoms with E-state index in [9.17, 15) is 0 Å². The summed E-state index contributed by atoms with van der Waals surface area (Å²) in [6, 6.07) is 2.35. The molecule has 2 nitrogen and oxygen atoms in total. The molecule has 2 aliphatic rings. The Hall–Kier alpha value is 0.270. The van der Waals surface area contributed by atoms with Gasteiger partial charge in [-0.05, 0) is 31.9 Å². The SMILES string of the molecule is CCCC1CN(C2CCCCC2SC)C(CC)CN1. The Labute approximate surface area is 124 Å². The number of nitrogens with one attached hydrogen (secondary N) is 1. The minimum Gasteiger partial charge on any atom is -0.311 e. The second kappa shape index (κ2) is 7.90. The zero-order valence-electron chi connectivity index (χ0n) is 13.0. The van der Waals surface area contributed by atoms with Crippen molar-refractivity contribution in [3.8, 4) is 0 Å². The van der Waals surface area contributed by atoms with Gasteiger partial charge in [0.2, 0.25) is 0 Å². The Bertz CT molecular complexity index is 259. The van der Waals surface area contributed by atoms with Crippen LogP contribution in [0.3, 0.4) is 0 Å². The molecule has 1 saturated heterocycles. The molecule has 1 saturated carbocycles. The first kappa shape index (κ1) is 15.7. The predicted octanol–water partition coefficient (Wildman–Crippen LogP) is 3.51. The van der Waals surface area contributed by atoms with Crippen LogP contribution in [-0.4, -0.2) is 47.6 Å². The maximum atomic E-state index is 3.77. The molecule has 0 radical (unpaired) electrons. The highest BCUT2D eigenvalue weighted by molar-refractivity contribution is 7.99. The van der Waals surface area contributed by atoms with E-state index in [1.54, 1.807) is 0 Å². The molecule has 19 heavy (non-hydrogen) atoms. The molecule has 0 bridgehead atoms. The fraction of sp³-hybridized carbons (Fsp3) is 1.00. The van der Waals surface area contributed by atoms with Gasteiger partial charge in [0, 0.05) is 36.5 Å². The second-order valence-corrected chi connectivity index (χ2v) is 7.36. The maximum absolute atomic E-state index is 3.77. The van der Waals surface area contributed by atoms with Gasteiger partial charge in [0.05, 0.1) is 0 Å². The minimum atomic E-state index is 0.734. The van der Waals surface area contributed by atoms with Gasteiger partial charge in [-0.2, -0.15) is 11.8 Å². The lowest BCUT2D eigenvalue weighted by Gasteiger charge is -2.48. The second-order valence-electron chi connectivity index (χ2n) is 6.28. The molecule has 3 heteroatoms. The molecule has 1 aliphatic heterocycles. The third kappa shape index (κ3) is 3.89. The molecule has 0 aromatic rings. The third-order valence-electron chi connectivity index (χ3n) is 5.05. The molecule has 2 rings (SSSR count). The molecular weight excluding hydrogens is 252 g/mol. The highest BCUT2D eigenvalue weighted by atomic mass is 32.2. The fourth-order valence-electron chi connectivity index (χ4n) is 3.95. The van der Waals surface area contributed by atoms with Crippen molar-refractivity contribution < 1.29 is 0 Å². The molecule has 1 N–H and O–H groups in total. The largest absolute Gasteiger partial charge is 0.311 e. The van der Waals surface area contributed by atoms with Crippen LogP contribution in [0, 0.1) is 0 Å². The first-order chi connectivity index (χ1) is 9.30. The molecule has 1 heterocycles. The molecule has 1 aliphatic carbocycles. The van der Waals surface area contributed by atoms with Crippen LogP contribution in [0.5, 0.6) is 0 Å². The maximum Gasteiger partial charge on any atom is 0.0222 e. The molecule has 0 aromatic heterocycles. The highest BCUT2D eigenvalue weighted by Gasteiger charge is 2.36. The number of rotatable bonds is 5. The lowest BCUT2D eigenvalue weighted by molar-refractivity contribution is 0.0609. The van der Waals surface area contributed by atoms with E-state index in [-0.39, 0.29) is 0 Å². The van der Waals surface area contributed by atoms with Crippen LogP contribution in [0.1, 0.15) is 58.8 Å². The predicted molar refractivity (Wildman–Crippen MR) is 87.0 cm³/mol. The van der Waals surface area contributed by atoms with Crippen molar-refractivity contribution in [1.29, 1.82) is 0 Å². The van der Waals surface area contributed by atoms with Crippen molar-refractivity contribution in [3.05, 3.63) is 0 Å². The van der Waals surface area contributed by atoms with Crippen molar-refractivity contribution >= 4 is 11.8 Å². The molecule has 112 valence electrons. The van der Waals surface area contributed by atoms with E-state index < -0.39 is 0 Å². The zero-order valence-corrected chi connectivity index (χ0v) is 13.8. The lowest BCUT2D eigenvalue weighted by Crippen LogP contribution is -2.61. The van der Waals surface area contributed by atoms with E-state index in [4.69, 9.17) is 0 Å². The summed E-state index contributed by atoms with van der Waals surface area (Å²) in [5.74, 6) is 0. The van der Waals surface area contributed by atoms with Gasteiger partial charge in [-0.3, -0.25) is 4.90 Å². The average Bonchev–Trinajstić information content (AvgIpc) is 2.47. The number of thioether (sulfide) groups is 1. The van der Waals surface area contributed by atoms with Gasteiger partial charge in [0.25, 0.3) is 0 Å². The summed E-state index contributed by atoms with van der Waals surface area (Å²) in [4.78, 5) is 2.89. The molecule has 4 unspecified atom stereocenters. The van der Waals surface area contributed by atoms with E-state index in [1.807, 2.05) is 0 Å². The number of piperazine rings is 1. The van der Waals surface area contributed by atoms with Crippen molar-refractivity contribution in [1.82, 2.24) is 10.2 Å². The van der Waals surface area contributed by atoms with Crippen LogP contribution in [0.2, 0.25) is 0 Å². The minimum absolute atomic E-state index is 0.734. The Balaban J connectivity index is 2.03. The standard InChI is InChI=1S/C16H32N2S/c1-4-8-13-12-18(14(5-2)11-17-13)15-9-6-7-10-16(15)19-3/h13-17H,4-12H2,1-3H3. The summed E-state index contributed by atoms with van der Waals surface area (Å²) in [6.07, 6.45) is 12.0. The summed E-state index contributed by atoms with van der Waals surface area (Å²) < 4.78 is 0. The monoisotopic (exact) mass is 284 g/mol. The summed E-state index contributed by atoms with van der Waals surface area (Å²) in [5.41, 5.74) is 0. The van der Waals surface area contributed by atoms with Gasteiger partial charge < -0.3 is 5.32 Å². The van der Waals surface area contributed by atoms with Crippen LogP contribution in [0.25, 0.3) is 0 Å². The number of nitrogens with zero attached hydrogens (tertiary/aromatic N) is 1. The third-order valence-corrected chi connectivity index (χ3v) is 6.20. The van der Waals surface area contributed by atoms with Crippen LogP contribution in [-0.2, 0) is 0 Å². The summed E-state index contributed by atoms with van der Waals surface area (Å²) >= 11 is 2.11. The Morgan fingerprint density at radius 2 is 2.00 bits per heavy atom. The topological polar surface area (TPSA) is 15.3 Å². The van der Waals surface area contributed by atoms with Gasteiger partial charge in [-0.1, -0.05) is 33.1 Å². The zero-order chi connectivity index (χ0) is 13.7. The van der Waals surface area contributed by atoms with E-state index in [0.29, 0.717) is 0 Å². The van der Waals surface area contributed by atoms with E-state index >= 15 is 0 Å². The van der Waals surface area contributed by atoms with Crippen molar-refractivity contribution in [2.75, 3.05) is 19.3 Å². The van der Waals surface area contributed by atoms with E-state index in [2.05, 4.69) is 42.1 Å². The average molecular weight is 285 g/mol. The quantitative estimate of drug-likeness (QED) is 0.831. The Morgan fingerprint density at radius 3 is 2.68 bits per heavy atom. The molecule has 0 amide bonds. The summed E-state index contributed by atoms with van der Waals surface area (Å²) in [6.45, 7) is 7.16. The number of hydrogen-bond acceptors (Lipinski definition) is 3. The lowest BCUT2D eigenvalue weighted by atomic mass is 9.90. The van der Waals surface area contributed by atoms with Crippen molar-refractivity contribution in [2.24, 2.45) is 0 Å². The smallest absolute Gasteiger partial charge is 0.0222 e. The van der Waals surface area contributed by atoms with Crippen LogP contribution in [0.4, 0.5) is 0 Å². The summed E-state index contributed by atoms with van der Waals surface area (Å²) in [7, 11) is 0. The van der Waals surface area contributed by atoms with Gasteiger partial charge >= 0.3 is 0 Å². The van der Waals surface area contributed by atoms with Crippen LogP contribution >= 0.6 is 11.8 Å². The fourth-order valence-corrected chi connectivity index (χ4v) is 4.96. The van der Waals surface area contributed by atoms with Gasteiger partial charge in [-0.15, -0.1) is 0 Å². The van der Waals surface area contributed by atoms with Crippen molar-refractivity contribution in [3.63, 3.8) is 0 Å². The number of hydrogen-bond donors (Lipinski definition) is 1. The first-order valence-electron chi connectivity index (χ1n) is 8.32. The first-order valence-corrected chi connectivity index (χ1v) is 9.60. The van der Waals surface area contributed by atoms with Gasteiger partial charge in [0.1, 0.15) is 0 Å². The highest BCUT2D eigenvalue weighted by Crippen LogP contribution is 2.33. The molecule has 2 fully saturated rings.